The van der Waals surface area contributed by atoms with Gasteiger partial charge in [0, 0.05) is 32.7 Å². The molecule has 2 aromatic heterocycles. The van der Waals surface area contributed by atoms with Crippen molar-refractivity contribution in [3.05, 3.63) is 163 Å². The summed E-state index contributed by atoms with van der Waals surface area (Å²) in [6.07, 6.45) is 11.0. The molecule has 1 atom stereocenters. The van der Waals surface area contributed by atoms with Crippen LogP contribution in [0.5, 0.6) is 0 Å². The van der Waals surface area contributed by atoms with Gasteiger partial charge in [-0.05, 0) is 114 Å². The van der Waals surface area contributed by atoms with Crippen molar-refractivity contribution in [2.24, 2.45) is 0 Å². The summed E-state index contributed by atoms with van der Waals surface area (Å²) in [7, 11) is -0.489. The molecule has 7 aromatic carbocycles. The molecule has 0 saturated heterocycles. The van der Waals surface area contributed by atoms with E-state index in [-0.39, 0.29) is 0 Å². The highest BCUT2D eigenvalue weighted by atomic mass is 32.2. The Hall–Kier alpha value is -5.14. The Morgan fingerprint density at radius 3 is 2.19 bits per heavy atom. The first-order valence-electron chi connectivity index (χ1n) is 16.6. The molecule has 0 saturated carbocycles. The lowest BCUT2D eigenvalue weighted by Crippen LogP contribution is -1.92. The third-order valence-corrected chi connectivity index (χ3v) is 13.8. The summed E-state index contributed by atoms with van der Waals surface area (Å²) in [6, 6.07) is 49.5. The van der Waals surface area contributed by atoms with Crippen molar-refractivity contribution in [2.45, 2.75) is 22.6 Å². The number of pyridine rings is 1. The highest BCUT2D eigenvalue weighted by molar-refractivity contribution is 7.99. The quantitative estimate of drug-likeness (QED) is 0.139. The van der Waals surface area contributed by atoms with E-state index in [2.05, 4.69) is 152 Å². The van der Waals surface area contributed by atoms with E-state index in [1.54, 1.807) is 5.30 Å². The van der Waals surface area contributed by atoms with Gasteiger partial charge in [-0.1, -0.05) is 135 Å². The van der Waals surface area contributed by atoms with Crippen LogP contribution in [0.25, 0.3) is 76.1 Å². The lowest BCUT2D eigenvalue weighted by Gasteiger charge is -2.19. The number of rotatable bonds is 4. The van der Waals surface area contributed by atoms with Gasteiger partial charge in [-0.2, -0.15) is 0 Å². The molecule has 0 amide bonds. The second-order valence-corrected chi connectivity index (χ2v) is 15.9. The molecule has 0 bridgehead atoms. The average Bonchev–Trinajstić information content (AvgIpc) is 3.49. The predicted molar refractivity (Wildman–Crippen MR) is 209 cm³/mol. The van der Waals surface area contributed by atoms with Gasteiger partial charge in [-0.3, -0.25) is 4.98 Å². The molecule has 10 rings (SSSR count). The lowest BCUT2D eigenvalue weighted by atomic mass is 9.88. The topological polar surface area (TPSA) is 12.9 Å². The molecule has 1 unspecified atom stereocenters. The number of benzene rings is 7. The van der Waals surface area contributed by atoms with Crippen LogP contribution in [-0.4, -0.2) is 4.98 Å². The van der Waals surface area contributed by atoms with E-state index >= 15 is 0 Å². The van der Waals surface area contributed by atoms with Crippen LogP contribution in [0.1, 0.15) is 17.3 Å². The zero-order valence-corrected chi connectivity index (χ0v) is 27.9. The first-order chi connectivity index (χ1) is 23.8. The molecule has 0 aliphatic heterocycles. The number of nitrogens with zero attached hydrogens (tertiary/aromatic N) is 1. The van der Waals surface area contributed by atoms with Gasteiger partial charge in [0.25, 0.3) is 0 Å². The molecule has 0 radical (unpaired) electrons. The minimum Gasteiger partial charge on any atom is -0.264 e. The largest absolute Gasteiger partial charge is 0.264 e. The van der Waals surface area contributed by atoms with E-state index in [4.69, 9.17) is 4.98 Å². The molecule has 48 heavy (non-hydrogen) atoms. The summed E-state index contributed by atoms with van der Waals surface area (Å²) in [5.41, 5.74) is 3.96. The van der Waals surface area contributed by atoms with Crippen molar-refractivity contribution in [2.75, 3.05) is 0 Å². The van der Waals surface area contributed by atoms with Gasteiger partial charge >= 0.3 is 0 Å². The van der Waals surface area contributed by atoms with Crippen molar-refractivity contribution >= 4 is 79.0 Å². The monoisotopic (exact) mass is 647 g/mol. The van der Waals surface area contributed by atoms with Gasteiger partial charge in [0.05, 0.1) is 0 Å². The van der Waals surface area contributed by atoms with Crippen LogP contribution in [0.2, 0.25) is 0 Å². The van der Waals surface area contributed by atoms with Crippen molar-refractivity contribution in [3.8, 4) is 16.4 Å². The van der Waals surface area contributed by atoms with Crippen LogP contribution in [0.4, 0.5) is 0 Å². The zero-order chi connectivity index (χ0) is 31.6. The van der Waals surface area contributed by atoms with E-state index in [1.807, 2.05) is 18.0 Å². The second-order valence-electron chi connectivity index (χ2n) is 12.6. The summed E-state index contributed by atoms with van der Waals surface area (Å²) in [5.74, 6) is 0. The smallest absolute Gasteiger partial charge is 0.0353 e. The van der Waals surface area contributed by atoms with Gasteiger partial charge < -0.3 is 0 Å². The maximum absolute atomic E-state index is 4.71. The van der Waals surface area contributed by atoms with Crippen LogP contribution < -0.4 is 0 Å². The Balaban J connectivity index is 1.21. The molecule has 1 aliphatic carbocycles. The molecular formula is C45H30NPS. The zero-order valence-electron chi connectivity index (χ0n) is 26.2. The third-order valence-electron chi connectivity index (χ3n) is 9.96. The van der Waals surface area contributed by atoms with Gasteiger partial charge in [-0.15, -0.1) is 0 Å². The number of aromatic nitrogens is 1. The van der Waals surface area contributed by atoms with Crippen LogP contribution in [-0.2, 0) is 6.42 Å². The first kappa shape index (κ1) is 27.9. The normalized spacial score (nSPS) is 13.2. The molecule has 226 valence electrons. The fraction of sp³-hybridized carbons (Fsp3) is 0.0444. The maximum atomic E-state index is 4.71. The van der Waals surface area contributed by atoms with E-state index in [9.17, 15) is 0 Å². The Bertz CT molecular complexity index is 2700. The fourth-order valence-corrected chi connectivity index (χ4v) is 11.8. The summed E-state index contributed by atoms with van der Waals surface area (Å²) < 4.78 is 0. The molecule has 0 N–H and O–H groups in total. The molecule has 0 spiro atoms. The van der Waals surface area contributed by atoms with Gasteiger partial charge in [0.15, 0.2) is 0 Å². The maximum Gasteiger partial charge on any atom is 0.0353 e. The fourth-order valence-electron chi connectivity index (χ4n) is 7.90. The van der Waals surface area contributed by atoms with E-state index < -0.39 is 7.53 Å². The van der Waals surface area contributed by atoms with E-state index in [1.165, 1.54) is 85.4 Å². The number of fused-ring (bicyclic) bond motifs is 8. The lowest BCUT2D eigenvalue weighted by molar-refractivity contribution is 1.01. The number of hydrogen-bond acceptors (Lipinski definition) is 2. The molecular weight excluding hydrogens is 618 g/mol. The van der Waals surface area contributed by atoms with Crippen LogP contribution in [0.3, 0.4) is 0 Å². The minimum absolute atomic E-state index is 0.489. The van der Waals surface area contributed by atoms with E-state index in [0.717, 1.165) is 12.8 Å². The van der Waals surface area contributed by atoms with E-state index in [0.29, 0.717) is 0 Å². The SMILES string of the molecule is C1=Cc2c(p(-c3ccccc3)c3ccc(Sc4c5ccccc5c(-c5cc6ccccc6c6ccccc56)c5cnccc45)cc23)CC1. The number of hydrogen-bond donors (Lipinski definition) is 0. The summed E-state index contributed by atoms with van der Waals surface area (Å²) in [4.78, 5) is 7.27. The van der Waals surface area contributed by atoms with Crippen LogP contribution >= 0.6 is 19.3 Å². The Kier molecular flexibility index (Phi) is 6.54. The van der Waals surface area contributed by atoms with Gasteiger partial charge in [-0.25, -0.2) is 0 Å². The molecule has 1 nitrogen and oxygen atoms in total. The predicted octanol–water partition coefficient (Wildman–Crippen LogP) is 13.6. The summed E-state index contributed by atoms with van der Waals surface area (Å²) in [6.45, 7) is 0. The standard InChI is InChI=1S/C45H30NPS/c1-2-13-30(14-3-1)47-42-21-11-10-18-35(42)39-27-31(22-23-43(39)47)48-45-37-20-9-8-19-36(37)44(41-28-46-25-24-38(41)45)40-26-29-12-4-5-15-32(29)33-16-6-7-17-34(33)40/h1-10,12-20,22-28H,11,21H2. The number of allylic oxidation sites excluding steroid dienone is 1. The molecule has 3 heteroatoms. The Labute approximate surface area is 284 Å². The first-order valence-corrected chi connectivity index (χ1v) is 18.8. The minimum atomic E-state index is -0.489. The molecule has 1 aliphatic rings. The molecule has 9 aromatic rings. The Morgan fingerprint density at radius 2 is 1.31 bits per heavy atom. The van der Waals surface area contributed by atoms with Gasteiger partial charge in [0.2, 0.25) is 0 Å². The average molecular weight is 648 g/mol. The van der Waals surface area contributed by atoms with Crippen LogP contribution in [0.15, 0.2) is 162 Å². The van der Waals surface area contributed by atoms with Crippen LogP contribution in [0, 0.1) is 0 Å². The third kappa shape index (κ3) is 4.30. The summed E-state index contributed by atoms with van der Waals surface area (Å²) in [5, 5.41) is 16.0. The highest BCUT2D eigenvalue weighted by Gasteiger charge is 2.22. The van der Waals surface area contributed by atoms with Crippen molar-refractivity contribution in [1.82, 2.24) is 4.98 Å². The molecule has 0 fully saturated rings. The van der Waals surface area contributed by atoms with Crippen molar-refractivity contribution < 1.29 is 0 Å². The van der Waals surface area contributed by atoms with Crippen molar-refractivity contribution in [1.29, 1.82) is 0 Å². The second kappa shape index (κ2) is 11.2. The molecule has 2 heterocycles. The van der Waals surface area contributed by atoms with Crippen molar-refractivity contribution in [3.63, 3.8) is 0 Å². The summed E-state index contributed by atoms with van der Waals surface area (Å²) >= 11 is 1.89. The Morgan fingerprint density at radius 1 is 0.583 bits per heavy atom. The highest BCUT2D eigenvalue weighted by Crippen LogP contribution is 2.56. The van der Waals surface area contributed by atoms with Gasteiger partial charge in [0.1, 0.15) is 0 Å².